The topological polar surface area (TPSA) is 28.2 Å². The van der Waals surface area contributed by atoms with E-state index in [1.54, 1.807) is 0 Å². The van der Waals surface area contributed by atoms with E-state index in [-0.39, 0.29) is 0 Å². The number of pyridine rings is 1. The van der Waals surface area contributed by atoms with Gasteiger partial charge in [-0.1, -0.05) is 12.0 Å². The molecule has 0 bridgehead atoms. The molecule has 0 aliphatic heterocycles. The predicted octanol–water partition coefficient (Wildman–Crippen LogP) is 1.26. The van der Waals surface area contributed by atoms with E-state index < -0.39 is 0 Å². The highest BCUT2D eigenvalue weighted by Gasteiger charge is 2.04. The summed E-state index contributed by atoms with van der Waals surface area (Å²) in [6.07, 6.45) is 5.31. The number of hydrogen-bond acceptors (Lipinski definition) is 3. The summed E-state index contributed by atoms with van der Waals surface area (Å²) in [5.41, 5.74) is 1.03. The van der Waals surface area contributed by atoms with Gasteiger partial charge in [-0.05, 0) is 26.1 Å². The van der Waals surface area contributed by atoms with Crippen molar-refractivity contribution in [2.45, 2.75) is 13.5 Å². The molecular formula is C12H17N3. The van der Waals surface area contributed by atoms with Gasteiger partial charge in [0.25, 0.3) is 0 Å². The number of rotatable bonds is 5. The van der Waals surface area contributed by atoms with Crippen LogP contribution in [0, 0.1) is 12.3 Å². The average molecular weight is 203 g/mol. The highest BCUT2D eigenvalue weighted by molar-refractivity contribution is 5.40. The van der Waals surface area contributed by atoms with Crippen LogP contribution < -0.4 is 10.2 Å². The summed E-state index contributed by atoms with van der Waals surface area (Å²) in [6, 6.07) is 6.00. The van der Waals surface area contributed by atoms with Gasteiger partial charge >= 0.3 is 0 Å². The Labute approximate surface area is 91.5 Å². The molecule has 3 heteroatoms. The van der Waals surface area contributed by atoms with Gasteiger partial charge in [-0.15, -0.1) is 6.42 Å². The smallest absolute Gasteiger partial charge is 0.129 e. The first kappa shape index (κ1) is 11.5. The van der Waals surface area contributed by atoms with Gasteiger partial charge in [0.15, 0.2) is 0 Å². The minimum atomic E-state index is 0.604. The second-order valence-electron chi connectivity index (χ2n) is 3.24. The molecule has 1 heterocycles. The zero-order valence-corrected chi connectivity index (χ0v) is 9.33. The summed E-state index contributed by atoms with van der Waals surface area (Å²) in [5.74, 6) is 3.59. The van der Waals surface area contributed by atoms with Crippen LogP contribution in [0.1, 0.15) is 12.6 Å². The Morgan fingerprint density at radius 3 is 2.93 bits per heavy atom. The van der Waals surface area contributed by atoms with Crippen LogP contribution in [0.25, 0.3) is 0 Å². The molecule has 80 valence electrons. The molecule has 3 nitrogen and oxygen atoms in total. The molecule has 0 unspecified atom stereocenters. The third kappa shape index (κ3) is 3.26. The Morgan fingerprint density at radius 1 is 1.53 bits per heavy atom. The Hall–Kier alpha value is -1.53. The van der Waals surface area contributed by atoms with Gasteiger partial charge in [-0.2, -0.15) is 0 Å². The fourth-order valence-electron chi connectivity index (χ4n) is 1.39. The van der Waals surface area contributed by atoms with E-state index in [4.69, 9.17) is 6.42 Å². The second-order valence-corrected chi connectivity index (χ2v) is 3.24. The SMILES string of the molecule is C#CCN(CC)c1cccc(CNC)n1. The molecule has 0 aromatic carbocycles. The third-order valence-electron chi connectivity index (χ3n) is 2.14. The first-order valence-corrected chi connectivity index (χ1v) is 5.10. The fourth-order valence-corrected chi connectivity index (χ4v) is 1.39. The summed E-state index contributed by atoms with van der Waals surface area (Å²) in [7, 11) is 1.91. The van der Waals surface area contributed by atoms with Gasteiger partial charge in [-0.3, -0.25) is 0 Å². The lowest BCUT2D eigenvalue weighted by atomic mass is 10.3. The maximum Gasteiger partial charge on any atom is 0.129 e. The minimum Gasteiger partial charge on any atom is -0.346 e. The Kier molecular flexibility index (Phi) is 4.65. The number of terminal acetylenes is 1. The van der Waals surface area contributed by atoms with Crippen molar-refractivity contribution in [3.8, 4) is 12.3 Å². The van der Waals surface area contributed by atoms with Crippen molar-refractivity contribution in [3.05, 3.63) is 23.9 Å². The first-order valence-electron chi connectivity index (χ1n) is 5.10. The van der Waals surface area contributed by atoms with E-state index in [1.807, 2.05) is 25.2 Å². The van der Waals surface area contributed by atoms with Crippen molar-refractivity contribution in [1.82, 2.24) is 10.3 Å². The Bertz CT molecular complexity index is 341. The number of nitrogens with zero attached hydrogens (tertiary/aromatic N) is 2. The monoisotopic (exact) mass is 203 g/mol. The highest BCUT2D eigenvalue weighted by atomic mass is 15.2. The standard InChI is InChI=1S/C12H17N3/c1-4-9-15(5-2)12-8-6-7-11(14-12)10-13-3/h1,6-8,13H,5,9-10H2,2-3H3. The van der Waals surface area contributed by atoms with E-state index >= 15 is 0 Å². The van der Waals surface area contributed by atoms with Gasteiger partial charge in [0.05, 0.1) is 12.2 Å². The third-order valence-corrected chi connectivity index (χ3v) is 2.14. The molecule has 0 saturated heterocycles. The van der Waals surface area contributed by atoms with Gasteiger partial charge in [0.1, 0.15) is 5.82 Å². The van der Waals surface area contributed by atoms with Crippen molar-refractivity contribution in [3.63, 3.8) is 0 Å². The largest absolute Gasteiger partial charge is 0.346 e. The lowest BCUT2D eigenvalue weighted by Crippen LogP contribution is -2.24. The van der Waals surface area contributed by atoms with E-state index in [0.29, 0.717) is 6.54 Å². The second kappa shape index (κ2) is 6.05. The Morgan fingerprint density at radius 2 is 2.33 bits per heavy atom. The molecule has 1 N–H and O–H groups in total. The molecule has 0 fully saturated rings. The highest BCUT2D eigenvalue weighted by Crippen LogP contribution is 2.10. The summed E-state index contributed by atoms with van der Waals surface area (Å²) in [6.45, 7) is 4.33. The summed E-state index contributed by atoms with van der Waals surface area (Å²) >= 11 is 0. The van der Waals surface area contributed by atoms with E-state index in [9.17, 15) is 0 Å². The number of aromatic nitrogens is 1. The first-order chi connectivity index (χ1) is 7.31. The minimum absolute atomic E-state index is 0.604. The molecule has 0 spiro atoms. The summed E-state index contributed by atoms with van der Waals surface area (Å²) in [4.78, 5) is 6.59. The van der Waals surface area contributed by atoms with E-state index in [1.165, 1.54) is 0 Å². The normalized spacial score (nSPS) is 9.67. The lowest BCUT2D eigenvalue weighted by Gasteiger charge is -2.19. The molecule has 0 radical (unpaired) electrons. The van der Waals surface area contributed by atoms with Crippen LogP contribution in [-0.4, -0.2) is 25.1 Å². The van der Waals surface area contributed by atoms with Crippen LogP contribution in [0.2, 0.25) is 0 Å². The molecule has 0 amide bonds. The van der Waals surface area contributed by atoms with Crippen LogP contribution in [0.4, 0.5) is 5.82 Å². The van der Waals surface area contributed by atoms with Crippen molar-refractivity contribution >= 4 is 5.82 Å². The lowest BCUT2D eigenvalue weighted by molar-refractivity contribution is 0.783. The van der Waals surface area contributed by atoms with Gasteiger partial charge in [0, 0.05) is 13.1 Å². The average Bonchev–Trinajstić information content (AvgIpc) is 2.27. The van der Waals surface area contributed by atoms with Gasteiger partial charge < -0.3 is 10.2 Å². The molecule has 0 aliphatic carbocycles. The molecule has 1 aromatic heterocycles. The molecule has 1 rings (SSSR count). The molecule has 0 aliphatic rings. The van der Waals surface area contributed by atoms with Crippen molar-refractivity contribution in [2.24, 2.45) is 0 Å². The van der Waals surface area contributed by atoms with Gasteiger partial charge in [-0.25, -0.2) is 4.98 Å². The summed E-state index contributed by atoms with van der Waals surface area (Å²) in [5, 5.41) is 3.08. The number of anilines is 1. The van der Waals surface area contributed by atoms with Crippen molar-refractivity contribution in [2.75, 3.05) is 25.0 Å². The van der Waals surface area contributed by atoms with Gasteiger partial charge in [0.2, 0.25) is 0 Å². The zero-order chi connectivity index (χ0) is 11.1. The molecule has 0 saturated carbocycles. The van der Waals surface area contributed by atoms with Crippen LogP contribution in [0.15, 0.2) is 18.2 Å². The fraction of sp³-hybridized carbons (Fsp3) is 0.417. The molecule has 15 heavy (non-hydrogen) atoms. The van der Waals surface area contributed by atoms with Crippen molar-refractivity contribution < 1.29 is 0 Å². The zero-order valence-electron chi connectivity index (χ0n) is 9.33. The van der Waals surface area contributed by atoms with Crippen molar-refractivity contribution in [1.29, 1.82) is 0 Å². The maximum absolute atomic E-state index is 5.31. The van der Waals surface area contributed by atoms with E-state index in [2.05, 4.69) is 28.0 Å². The van der Waals surface area contributed by atoms with Crippen LogP contribution in [-0.2, 0) is 6.54 Å². The predicted molar refractivity (Wildman–Crippen MR) is 63.7 cm³/mol. The number of nitrogens with one attached hydrogen (secondary N) is 1. The summed E-state index contributed by atoms with van der Waals surface area (Å²) < 4.78 is 0. The Balaban J connectivity index is 2.83. The molecular weight excluding hydrogens is 186 g/mol. The van der Waals surface area contributed by atoms with E-state index in [0.717, 1.165) is 24.6 Å². The van der Waals surface area contributed by atoms with Crippen LogP contribution in [0.5, 0.6) is 0 Å². The maximum atomic E-state index is 5.31. The quantitative estimate of drug-likeness (QED) is 0.730. The van der Waals surface area contributed by atoms with Crippen LogP contribution >= 0.6 is 0 Å². The molecule has 0 atom stereocenters. The van der Waals surface area contributed by atoms with Crippen LogP contribution in [0.3, 0.4) is 0 Å². The molecule has 1 aromatic rings. The number of hydrogen-bond donors (Lipinski definition) is 1.